The van der Waals surface area contributed by atoms with Gasteiger partial charge in [-0.2, -0.15) is 10.4 Å². The average molecular weight is 284 g/mol. The van der Waals surface area contributed by atoms with Crippen LogP contribution in [-0.2, 0) is 24.8 Å². The molecular weight excluding hydrogens is 268 g/mol. The summed E-state index contributed by atoms with van der Waals surface area (Å²) in [5, 5.41) is 13.2. The third-order valence-corrected chi connectivity index (χ3v) is 3.19. The maximum atomic E-state index is 12.1. The van der Waals surface area contributed by atoms with Gasteiger partial charge in [-0.3, -0.25) is 4.68 Å². The topological polar surface area (TPSA) is 93.9 Å². The third kappa shape index (κ3) is 2.87. The molecule has 0 amide bonds. The highest BCUT2D eigenvalue weighted by Gasteiger charge is 2.20. The van der Waals surface area contributed by atoms with Crippen LogP contribution in [0.3, 0.4) is 0 Å². The average Bonchev–Trinajstić information content (AvgIpc) is 2.79. The van der Waals surface area contributed by atoms with Crippen molar-refractivity contribution in [2.24, 2.45) is 7.05 Å². The molecule has 0 aliphatic heterocycles. The number of nitriles is 1. The highest BCUT2D eigenvalue weighted by molar-refractivity contribution is 5.93. The Morgan fingerprint density at radius 2 is 2.19 bits per heavy atom. The minimum atomic E-state index is -0.546. The molecule has 6 heteroatoms. The quantitative estimate of drug-likeness (QED) is 0.864. The highest BCUT2D eigenvalue weighted by Crippen LogP contribution is 2.19. The van der Waals surface area contributed by atoms with E-state index in [1.54, 1.807) is 31.3 Å². The monoisotopic (exact) mass is 284 g/mol. The van der Waals surface area contributed by atoms with Gasteiger partial charge in [0.05, 0.1) is 23.0 Å². The first-order valence-electron chi connectivity index (χ1n) is 6.55. The fourth-order valence-electron chi connectivity index (χ4n) is 2.07. The van der Waals surface area contributed by atoms with Crippen molar-refractivity contribution in [3.8, 4) is 6.07 Å². The number of hydrogen-bond donors (Lipinski definition) is 1. The van der Waals surface area contributed by atoms with E-state index in [1.165, 1.54) is 4.68 Å². The largest absolute Gasteiger partial charge is 0.456 e. The second-order valence-electron chi connectivity index (χ2n) is 4.53. The number of ether oxygens (including phenoxy) is 1. The Bertz CT molecular complexity index is 713. The number of nitrogen functional groups attached to an aromatic ring is 1. The van der Waals surface area contributed by atoms with Crippen molar-refractivity contribution in [2.45, 2.75) is 20.0 Å². The van der Waals surface area contributed by atoms with E-state index in [4.69, 9.17) is 15.7 Å². The summed E-state index contributed by atoms with van der Waals surface area (Å²) in [5.41, 5.74) is 8.30. The van der Waals surface area contributed by atoms with Crippen molar-refractivity contribution in [3.05, 3.63) is 46.8 Å². The summed E-state index contributed by atoms with van der Waals surface area (Å²) in [6.07, 6.45) is 0.643. The zero-order valence-electron chi connectivity index (χ0n) is 12.0. The van der Waals surface area contributed by atoms with Gasteiger partial charge in [-0.25, -0.2) is 4.79 Å². The van der Waals surface area contributed by atoms with Crippen LogP contribution in [0.15, 0.2) is 24.3 Å². The van der Waals surface area contributed by atoms with E-state index in [9.17, 15) is 4.79 Å². The minimum Gasteiger partial charge on any atom is -0.456 e. The van der Waals surface area contributed by atoms with Gasteiger partial charge in [0.2, 0.25) is 0 Å². The summed E-state index contributed by atoms with van der Waals surface area (Å²) >= 11 is 0. The molecule has 0 aliphatic rings. The summed E-state index contributed by atoms with van der Waals surface area (Å²) in [5.74, 6) is -0.546. The van der Waals surface area contributed by atoms with Crippen molar-refractivity contribution >= 4 is 11.7 Å². The van der Waals surface area contributed by atoms with E-state index < -0.39 is 5.97 Å². The summed E-state index contributed by atoms with van der Waals surface area (Å²) < 4.78 is 6.67. The van der Waals surface area contributed by atoms with E-state index in [-0.39, 0.29) is 12.3 Å². The molecule has 0 atom stereocenters. The first kappa shape index (κ1) is 14.6. The maximum absolute atomic E-state index is 12.1. The number of nitrogens with two attached hydrogens (primary N) is 1. The number of nitrogens with zero attached hydrogens (tertiary/aromatic N) is 3. The number of benzene rings is 1. The van der Waals surface area contributed by atoms with Crippen LogP contribution in [0, 0.1) is 11.3 Å². The molecule has 0 saturated heterocycles. The molecule has 2 aromatic rings. The van der Waals surface area contributed by atoms with Gasteiger partial charge in [-0.15, -0.1) is 0 Å². The van der Waals surface area contributed by atoms with E-state index >= 15 is 0 Å². The molecule has 2 rings (SSSR count). The second kappa shape index (κ2) is 6.09. The number of aromatic nitrogens is 2. The van der Waals surface area contributed by atoms with Crippen LogP contribution < -0.4 is 5.73 Å². The number of aryl methyl sites for hydroxylation is 2. The molecule has 0 radical (unpaired) electrons. The van der Waals surface area contributed by atoms with Crippen molar-refractivity contribution in [2.75, 3.05) is 5.73 Å². The Morgan fingerprint density at radius 1 is 1.48 bits per heavy atom. The van der Waals surface area contributed by atoms with E-state index in [1.807, 2.05) is 6.92 Å². The molecule has 2 N–H and O–H groups in total. The molecule has 0 aliphatic carbocycles. The van der Waals surface area contributed by atoms with Crippen LogP contribution in [0.2, 0.25) is 0 Å². The first-order valence-corrected chi connectivity index (χ1v) is 6.55. The highest BCUT2D eigenvalue weighted by atomic mass is 16.5. The standard InChI is InChI=1S/C15H16N4O2/c1-3-12-13(17)14(19(2)18-12)15(20)21-9-11-7-5-4-6-10(11)8-16/h4-7H,3,9,17H2,1-2H3. The maximum Gasteiger partial charge on any atom is 0.359 e. The summed E-state index contributed by atoms with van der Waals surface area (Å²) in [6.45, 7) is 1.94. The van der Waals surface area contributed by atoms with Gasteiger partial charge in [0.15, 0.2) is 5.69 Å². The summed E-state index contributed by atoms with van der Waals surface area (Å²) in [6, 6.07) is 9.03. The Labute approximate surface area is 122 Å². The Kier molecular flexibility index (Phi) is 4.24. The van der Waals surface area contributed by atoms with E-state index in [2.05, 4.69) is 11.2 Å². The molecule has 0 unspecified atom stereocenters. The van der Waals surface area contributed by atoms with Gasteiger partial charge in [0, 0.05) is 12.6 Å². The predicted molar refractivity (Wildman–Crippen MR) is 77.3 cm³/mol. The lowest BCUT2D eigenvalue weighted by atomic mass is 10.1. The molecule has 1 heterocycles. The zero-order chi connectivity index (χ0) is 15.4. The summed E-state index contributed by atoms with van der Waals surface area (Å²) in [4.78, 5) is 12.1. The SMILES string of the molecule is CCc1nn(C)c(C(=O)OCc2ccccc2C#N)c1N. The van der Waals surface area contributed by atoms with E-state index in [0.717, 1.165) is 0 Å². The van der Waals surface area contributed by atoms with Crippen LogP contribution in [0.5, 0.6) is 0 Å². The van der Waals surface area contributed by atoms with Crippen LogP contribution in [0.25, 0.3) is 0 Å². The molecule has 1 aromatic heterocycles. The number of hydrogen-bond acceptors (Lipinski definition) is 5. The molecule has 0 saturated carbocycles. The van der Waals surface area contributed by atoms with Gasteiger partial charge in [-0.1, -0.05) is 25.1 Å². The molecule has 21 heavy (non-hydrogen) atoms. The number of anilines is 1. The fourth-order valence-corrected chi connectivity index (χ4v) is 2.07. The minimum absolute atomic E-state index is 0.0225. The molecule has 0 spiro atoms. The molecule has 108 valence electrons. The molecule has 6 nitrogen and oxygen atoms in total. The van der Waals surface area contributed by atoms with Crippen LogP contribution in [-0.4, -0.2) is 15.7 Å². The van der Waals surface area contributed by atoms with Crippen molar-refractivity contribution < 1.29 is 9.53 Å². The Morgan fingerprint density at radius 3 is 2.81 bits per heavy atom. The van der Waals surface area contributed by atoms with Crippen molar-refractivity contribution in [1.29, 1.82) is 5.26 Å². The molecule has 1 aromatic carbocycles. The van der Waals surface area contributed by atoms with Crippen molar-refractivity contribution in [1.82, 2.24) is 9.78 Å². The molecule has 0 bridgehead atoms. The van der Waals surface area contributed by atoms with Gasteiger partial charge in [-0.05, 0) is 12.5 Å². The van der Waals surface area contributed by atoms with Crippen molar-refractivity contribution in [3.63, 3.8) is 0 Å². The Hall–Kier alpha value is -2.81. The van der Waals surface area contributed by atoms with Gasteiger partial charge in [0.1, 0.15) is 6.61 Å². The zero-order valence-corrected chi connectivity index (χ0v) is 12.0. The van der Waals surface area contributed by atoms with Crippen LogP contribution in [0.1, 0.15) is 34.2 Å². The van der Waals surface area contributed by atoms with Gasteiger partial charge < -0.3 is 10.5 Å². The van der Waals surface area contributed by atoms with Crippen LogP contribution in [0.4, 0.5) is 5.69 Å². The lowest BCUT2D eigenvalue weighted by Crippen LogP contribution is -2.13. The predicted octanol–water partition coefficient (Wildman–Crippen LogP) is 1.79. The third-order valence-electron chi connectivity index (χ3n) is 3.19. The summed E-state index contributed by atoms with van der Waals surface area (Å²) in [7, 11) is 1.65. The number of carbonyl (C=O) groups is 1. The lowest BCUT2D eigenvalue weighted by molar-refractivity contribution is 0.0461. The van der Waals surface area contributed by atoms with Crippen LogP contribution >= 0.6 is 0 Å². The number of rotatable bonds is 4. The molecular formula is C15H16N4O2. The smallest absolute Gasteiger partial charge is 0.359 e. The lowest BCUT2D eigenvalue weighted by Gasteiger charge is -2.07. The molecule has 0 fully saturated rings. The number of esters is 1. The number of carbonyl (C=O) groups excluding carboxylic acids is 1. The van der Waals surface area contributed by atoms with Gasteiger partial charge in [0.25, 0.3) is 0 Å². The van der Waals surface area contributed by atoms with E-state index in [0.29, 0.717) is 28.9 Å². The first-order chi connectivity index (χ1) is 10.1. The normalized spacial score (nSPS) is 10.1. The van der Waals surface area contributed by atoms with Gasteiger partial charge >= 0.3 is 5.97 Å². The second-order valence-corrected chi connectivity index (χ2v) is 4.53. The Balaban J connectivity index is 2.16. The fraction of sp³-hybridized carbons (Fsp3) is 0.267.